The zero-order chi connectivity index (χ0) is 23.6. The first-order chi connectivity index (χ1) is 16.3. The zero-order valence-electron chi connectivity index (χ0n) is 18.4. The highest BCUT2D eigenvalue weighted by Gasteiger charge is 2.34. The van der Waals surface area contributed by atoms with Gasteiger partial charge in [-0.15, -0.1) is 0 Å². The van der Waals surface area contributed by atoms with Crippen molar-refractivity contribution in [2.75, 3.05) is 11.5 Å². The fraction of sp³-hybridized carbons (Fsp3) is 0.391. The monoisotopic (exact) mass is 499 g/mol. The minimum Gasteiger partial charge on any atom is -0.455 e. The Balaban J connectivity index is 1.35. The molecule has 2 aliphatic rings. The predicted molar refractivity (Wildman–Crippen MR) is 126 cm³/mol. The molecule has 0 bridgehead atoms. The summed E-state index contributed by atoms with van der Waals surface area (Å²) in [5.41, 5.74) is 3.72. The van der Waals surface area contributed by atoms with Gasteiger partial charge in [0, 0.05) is 24.0 Å². The molecule has 0 aromatic carbocycles. The summed E-state index contributed by atoms with van der Waals surface area (Å²) in [6.45, 7) is 1.82. The van der Waals surface area contributed by atoms with Gasteiger partial charge in [0.15, 0.2) is 15.5 Å². The van der Waals surface area contributed by atoms with Crippen LogP contribution in [0.5, 0.6) is 0 Å². The number of carbonyl (C=O) groups excluding carboxylic acids is 1. The summed E-state index contributed by atoms with van der Waals surface area (Å²) < 4.78 is 33.3. The average molecular weight is 500 g/mol. The number of carbonyl (C=O) groups is 1. The molecule has 1 unspecified atom stereocenters. The van der Waals surface area contributed by atoms with Crippen molar-refractivity contribution in [3.63, 3.8) is 0 Å². The molecule has 0 amide bonds. The van der Waals surface area contributed by atoms with Crippen molar-refractivity contribution in [3.05, 3.63) is 58.3 Å². The predicted octanol–water partition coefficient (Wildman–Crippen LogP) is 3.63. The van der Waals surface area contributed by atoms with Crippen LogP contribution in [0.15, 0.2) is 30.6 Å². The lowest BCUT2D eigenvalue weighted by atomic mass is 10.1. The Morgan fingerprint density at radius 3 is 2.76 bits per heavy atom. The molecule has 1 aliphatic carbocycles. The lowest BCUT2D eigenvalue weighted by molar-refractivity contribution is 0.0470. The largest absolute Gasteiger partial charge is 0.455 e. The maximum atomic E-state index is 13.2. The van der Waals surface area contributed by atoms with Crippen molar-refractivity contribution in [1.82, 2.24) is 24.1 Å². The third-order valence-electron chi connectivity index (χ3n) is 6.44. The second kappa shape index (κ2) is 7.78. The van der Waals surface area contributed by atoms with E-state index in [1.807, 2.05) is 6.92 Å². The Morgan fingerprint density at radius 1 is 1.21 bits per heavy atom. The number of nitrogens with zero attached hydrogens (tertiary/aromatic N) is 5. The number of halogens is 1. The lowest BCUT2D eigenvalue weighted by Gasteiger charge is -2.11. The highest BCUT2D eigenvalue weighted by molar-refractivity contribution is 7.91. The molecule has 2 fully saturated rings. The van der Waals surface area contributed by atoms with Gasteiger partial charge in [0.25, 0.3) is 0 Å². The molecule has 0 radical (unpaired) electrons. The Labute approximate surface area is 200 Å². The summed E-state index contributed by atoms with van der Waals surface area (Å²) in [6.07, 6.45) is 6.04. The van der Waals surface area contributed by atoms with Crippen molar-refractivity contribution in [2.24, 2.45) is 0 Å². The second-order valence-corrected chi connectivity index (χ2v) is 11.7. The molecular formula is C23H22ClN5O4S. The number of hydrogen-bond acceptors (Lipinski definition) is 7. The van der Waals surface area contributed by atoms with Crippen LogP contribution >= 0.6 is 11.6 Å². The number of sulfone groups is 1. The van der Waals surface area contributed by atoms with E-state index in [0.29, 0.717) is 51.0 Å². The quantitative estimate of drug-likeness (QED) is 0.386. The fourth-order valence-corrected chi connectivity index (χ4v) is 6.47. The Bertz CT molecular complexity index is 1570. The van der Waals surface area contributed by atoms with Gasteiger partial charge in [-0.3, -0.25) is 0 Å². The van der Waals surface area contributed by atoms with Crippen molar-refractivity contribution < 1.29 is 17.9 Å². The summed E-state index contributed by atoms with van der Waals surface area (Å²) in [6, 6.07) is 5.07. The van der Waals surface area contributed by atoms with Crippen LogP contribution in [0.3, 0.4) is 0 Å². The number of pyridine rings is 2. The first kappa shape index (κ1) is 21.5. The second-order valence-electron chi connectivity index (χ2n) is 9.08. The third kappa shape index (κ3) is 3.84. The SMILES string of the molecule is Cc1nn(C2CCS(=O)(=O)C2)c2nc(C3CC3)cc(C(=O)OCc3cn4cc(Cl)ccc4n3)c12. The molecule has 1 atom stereocenters. The highest BCUT2D eigenvalue weighted by atomic mass is 35.5. The number of aromatic nitrogens is 5. The van der Waals surface area contributed by atoms with Gasteiger partial charge in [-0.05, 0) is 44.4 Å². The van der Waals surface area contributed by atoms with E-state index in [0.717, 1.165) is 18.5 Å². The minimum atomic E-state index is -3.09. The molecule has 4 aromatic rings. The molecule has 1 saturated heterocycles. The summed E-state index contributed by atoms with van der Waals surface area (Å²) in [4.78, 5) is 22.5. The first-order valence-electron chi connectivity index (χ1n) is 11.2. The van der Waals surface area contributed by atoms with Crippen molar-refractivity contribution in [3.8, 4) is 0 Å². The maximum Gasteiger partial charge on any atom is 0.339 e. The highest BCUT2D eigenvalue weighted by Crippen LogP contribution is 2.41. The van der Waals surface area contributed by atoms with E-state index >= 15 is 0 Å². The molecule has 34 heavy (non-hydrogen) atoms. The standard InChI is InChI=1S/C23H22ClN5O4S/c1-13-21-18(23(30)33-11-16-10-28-9-15(24)4-5-20(28)25-16)8-19(14-2-3-14)26-22(21)29(27-13)17-6-7-34(31,32)12-17/h4-5,8-10,14,17H,2-3,6-7,11-12H2,1H3. The van der Waals surface area contributed by atoms with E-state index < -0.39 is 15.8 Å². The normalized spacial score (nSPS) is 19.8. The van der Waals surface area contributed by atoms with Crippen LogP contribution < -0.4 is 0 Å². The van der Waals surface area contributed by atoms with Crippen molar-refractivity contribution in [2.45, 2.75) is 44.8 Å². The van der Waals surface area contributed by atoms with Crippen LogP contribution in [0.1, 0.15) is 58.7 Å². The molecule has 176 valence electrons. The summed E-state index contributed by atoms with van der Waals surface area (Å²) in [7, 11) is -3.09. The molecule has 0 N–H and O–H groups in total. The molecule has 6 rings (SSSR count). The number of ether oxygens (including phenoxy) is 1. The third-order valence-corrected chi connectivity index (χ3v) is 8.42. The van der Waals surface area contributed by atoms with Crippen LogP contribution in [0, 0.1) is 6.92 Å². The minimum absolute atomic E-state index is 0.00869. The number of fused-ring (bicyclic) bond motifs is 2. The summed E-state index contributed by atoms with van der Waals surface area (Å²) in [5, 5.41) is 5.81. The van der Waals surface area contributed by atoms with Gasteiger partial charge in [0.1, 0.15) is 12.3 Å². The van der Waals surface area contributed by atoms with Crippen LogP contribution in [-0.2, 0) is 21.2 Å². The van der Waals surface area contributed by atoms with Crippen molar-refractivity contribution >= 4 is 44.1 Å². The smallest absolute Gasteiger partial charge is 0.339 e. The summed E-state index contributed by atoms with van der Waals surface area (Å²) in [5.74, 6) is -0.00312. The molecule has 9 nitrogen and oxygen atoms in total. The Hall–Kier alpha value is -2.98. The van der Waals surface area contributed by atoms with E-state index in [-0.39, 0.29) is 24.2 Å². The first-order valence-corrected chi connectivity index (χ1v) is 13.4. The molecular weight excluding hydrogens is 478 g/mol. The van der Waals surface area contributed by atoms with Gasteiger partial charge in [-0.2, -0.15) is 5.10 Å². The van der Waals surface area contributed by atoms with Crippen LogP contribution in [0.2, 0.25) is 5.02 Å². The van der Waals surface area contributed by atoms with Crippen LogP contribution in [0.4, 0.5) is 0 Å². The molecule has 5 heterocycles. The molecule has 0 spiro atoms. The number of hydrogen-bond donors (Lipinski definition) is 0. The Morgan fingerprint density at radius 2 is 2.03 bits per heavy atom. The number of esters is 1. The molecule has 4 aromatic heterocycles. The fourth-order valence-electron chi connectivity index (χ4n) is 4.61. The summed E-state index contributed by atoms with van der Waals surface area (Å²) >= 11 is 6.03. The lowest BCUT2D eigenvalue weighted by Crippen LogP contribution is -2.14. The van der Waals surface area contributed by atoms with E-state index in [9.17, 15) is 13.2 Å². The van der Waals surface area contributed by atoms with Gasteiger partial charge in [-0.25, -0.2) is 27.9 Å². The van der Waals surface area contributed by atoms with Crippen LogP contribution in [-0.4, -0.2) is 50.0 Å². The van der Waals surface area contributed by atoms with Gasteiger partial charge in [0.05, 0.1) is 44.9 Å². The van der Waals surface area contributed by atoms with Gasteiger partial charge in [-0.1, -0.05) is 11.6 Å². The topological polar surface area (TPSA) is 108 Å². The molecule has 1 aliphatic heterocycles. The van der Waals surface area contributed by atoms with E-state index in [4.69, 9.17) is 21.3 Å². The maximum absolute atomic E-state index is 13.2. The van der Waals surface area contributed by atoms with E-state index in [1.165, 1.54) is 0 Å². The van der Waals surface area contributed by atoms with E-state index in [2.05, 4.69) is 10.1 Å². The number of imidazole rings is 1. The van der Waals surface area contributed by atoms with Gasteiger partial charge < -0.3 is 9.14 Å². The number of rotatable bonds is 5. The molecule has 1 saturated carbocycles. The van der Waals surface area contributed by atoms with E-state index in [1.54, 1.807) is 39.7 Å². The van der Waals surface area contributed by atoms with Gasteiger partial charge in [0.2, 0.25) is 0 Å². The number of aryl methyl sites for hydroxylation is 1. The van der Waals surface area contributed by atoms with Crippen LogP contribution in [0.25, 0.3) is 16.7 Å². The zero-order valence-corrected chi connectivity index (χ0v) is 20.0. The van der Waals surface area contributed by atoms with Crippen molar-refractivity contribution in [1.29, 1.82) is 0 Å². The average Bonchev–Trinajstić information content (AvgIpc) is 3.36. The molecule has 11 heteroatoms. The Kier molecular flexibility index (Phi) is 4.93. The van der Waals surface area contributed by atoms with Gasteiger partial charge >= 0.3 is 5.97 Å².